The van der Waals surface area contributed by atoms with E-state index in [-0.39, 0.29) is 23.3 Å². The highest BCUT2D eigenvalue weighted by molar-refractivity contribution is 6.05. The maximum absolute atomic E-state index is 13.0. The lowest BCUT2D eigenvalue weighted by molar-refractivity contribution is -0.134. The highest BCUT2D eigenvalue weighted by Crippen LogP contribution is 2.18. The van der Waals surface area contributed by atoms with Crippen LogP contribution >= 0.6 is 0 Å². The van der Waals surface area contributed by atoms with Crippen LogP contribution in [0.4, 0.5) is 0 Å². The van der Waals surface area contributed by atoms with Crippen LogP contribution in [0.25, 0.3) is 0 Å². The average molecular weight is 607 g/mol. The molecule has 1 N–H and O–H groups in total. The van der Waals surface area contributed by atoms with Gasteiger partial charge >= 0.3 is 17.9 Å². The van der Waals surface area contributed by atoms with E-state index in [2.05, 4.69) is 20.8 Å². The molecule has 0 heterocycles. The van der Waals surface area contributed by atoms with E-state index in [0.717, 1.165) is 64.7 Å². The van der Waals surface area contributed by atoms with Crippen LogP contribution in [-0.4, -0.2) is 48.8 Å². The third-order valence-corrected chi connectivity index (χ3v) is 6.89. The van der Waals surface area contributed by atoms with Crippen LogP contribution in [-0.2, 0) is 19.0 Å². The van der Waals surface area contributed by atoms with Crippen LogP contribution in [0.15, 0.2) is 18.2 Å². The fraction of sp³-hybridized carbons (Fsp3) is 0.714. The van der Waals surface area contributed by atoms with Crippen molar-refractivity contribution in [1.29, 1.82) is 0 Å². The van der Waals surface area contributed by atoms with E-state index in [9.17, 15) is 14.4 Å². The molecule has 0 aromatic heterocycles. The number of carboxylic acids is 1. The van der Waals surface area contributed by atoms with Crippen molar-refractivity contribution in [2.75, 3.05) is 19.8 Å². The first-order chi connectivity index (χ1) is 20.8. The molecule has 0 bridgehead atoms. The number of benzene rings is 1. The molecule has 0 atom stereocenters. The molecular weight excluding hydrogens is 548 g/mol. The van der Waals surface area contributed by atoms with Crippen molar-refractivity contribution in [2.45, 2.75) is 143 Å². The molecule has 1 aromatic rings. The Morgan fingerprint density at radius 1 is 0.512 bits per heavy atom. The van der Waals surface area contributed by atoms with Gasteiger partial charge in [-0.15, -0.1) is 0 Å². The Morgan fingerprint density at radius 2 is 0.837 bits per heavy atom. The zero-order valence-corrected chi connectivity index (χ0v) is 27.4. The van der Waals surface area contributed by atoms with Gasteiger partial charge in [0.15, 0.2) is 0 Å². The predicted molar refractivity (Wildman–Crippen MR) is 171 cm³/mol. The predicted octanol–water partition coefficient (Wildman–Crippen LogP) is 9.33. The van der Waals surface area contributed by atoms with Crippen molar-refractivity contribution < 1.29 is 38.5 Å². The van der Waals surface area contributed by atoms with Gasteiger partial charge in [0.2, 0.25) is 0 Å². The van der Waals surface area contributed by atoms with Crippen molar-refractivity contribution in [3.63, 3.8) is 0 Å². The number of esters is 3. The van der Waals surface area contributed by atoms with Crippen molar-refractivity contribution in [3.8, 4) is 0 Å². The molecule has 8 heteroatoms. The standard InChI is InChI=1S/C33H54O6.C2H4O2/c1-4-7-10-13-16-19-24-37-31(34)28-22-23-29(32(35)38-25-20-17-14-11-8-5-2)30(27-28)33(36)39-26-21-18-15-12-9-6-3;1-2(3)4/h22-23,27H,4-21,24-26H2,1-3H3;1H3,(H,3,4). The Morgan fingerprint density at radius 3 is 1.23 bits per heavy atom. The molecule has 0 radical (unpaired) electrons. The summed E-state index contributed by atoms with van der Waals surface area (Å²) in [6, 6.07) is 4.41. The molecule has 0 saturated heterocycles. The number of carboxylic acid groups (broad SMARTS) is 1. The highest BCUT2D eigenvalue weighted by Gasteiger charge is 2.22. The molecule has 8 nitrogen and oxygen atoms in total. The van der Waals surface area contributed by atoms with E-state index in [1.807, 2.05) is 0 Å². The number of carbonyl (C=O) groups is 4. The molecule has 0 amide bonds. The number of hydrogen-bond acceptors (Lipinski definition) is 7. The van der Waals surface area contributed by atoms with Crippen molar-refractivity contribution in [3.05, 3.63) is 34.9 Å². The topological polar surface area (TPSA) is 116 Å². The number of carbonyl (C=O) groups excluding carboxylic acids is 3. The van der Waals surface area contributed by atoms with Crippen LogP contribution in [0.5, 0.6) is 0 Å². The summed E-state index contributed by atoms with van der Waals surface area (Å²) in [6.45, 7) is 8.55. The SMILES string of the molecule is CC(=O)O.CCCCCCCCOC(=O)c1ccc(C(=O)OCCCCCCCC)c(C(=O)OCCCCCCCC)c1. The second kappa shape index (κ2) is 27.9. The Labute approximate surface area is 260 Å². The van der Waals surface area contributed by atoms with E-state index >= 15 is 0 Å². The Hall–Kier alpha value is -2.90. The zero-order chi connectivity index (χ0) is 32.1. The largest absolute Gasteiger partial charge is 0.481 e. The molecule has 0 aliphatic carbocycles. The Bertz CT molecular complexity index is 892. The van der Waals surface area contributed by atoms with E-state index < -0.39 is 23.9 Å². The van der Waals surface area contributed by atoms with Gasteiger partial charge in [0, 0.05) is 6.92 Å². The lowest BCUT2D eigenvalue weighted by Gasteiger charge is -2.12. The summed E-state index contributed by atoms with van der Waals surface area (Å²) in [5, 5.41) is 7.42. The van der Waals surface area contributed by atoms with Crippen LogP contribution < -0.4 is 0 Å². The summed E-state index contributed by atoms with van der Waals surface area (Å²) >= 11 is 0. The molecule has 0 saturated carbocycles. The molecule has 0 unspecified atom stereocenters. The quantitative estimate of drug-likeness (QED) is 0.0703. The summed E-state index contributed by atoms with van der Waals surface area (Å²) in [4.78, 5) is 47.4. The normalized spacial score (nSPS) is 10.4. The third kappa shape index (κ3) is 22.3. The zero-order valence-electron chi connectivity index (χ0n) is 27.4. The molecule has 0 spiro atoms. The number of ether oxygens (including phenoxy) is 3. The molecule has 246 valence electrons. The molecule has 0 aliphatic heterocycles. The summed E-state index contributed by atoms with van der Waals surface area (Å²) in [7, 11) is 0. The molecule has 0 fully saturated rings. The van der Waals surface area contributed by atoms with Gasteiger partial charge in [-0.05, 0) is 37.5 Å². The second-order valence-electron chi connectivity index (χ2n) is 11.0. The number of hydrogen-bond donors (Lipinski definition) is 1. The number of aliphatic carboxylic acids is 1. The maximum Gasteiger partial charge on any atom is 0.339 e. The van der Waals surface area contributed by atoms with E-state index in [0.29, 0.717) is 13.2 Å². The lowest BCUT2D eigenvalue weighted by atomic mass is 10.0. The second-order valence-corrected chi connectivity index (χ2v) is 11.0. The minimum atomic E-state index is -0.833. The first kappa shape index (κ1) is 40.1. The molecule has 1 rings (SSSR count). The van der Waals surface area contributed by atoms with E-state index in [1.54, 1.807) is 0 Å². The molecule has 43 heavy (non-hydrogen) atoms. The third-order valence-electron chi connectivity index (χ3n) is 6.89. The van der Waals surface area contributed by atoms with Gasteiger partial charge in [-0.25, -0.2) is 14.4 Å². The van der Waals surface area contributed by atoms with Gasteiger partial charge in [0.1, 0.15) is 0 Å². The van der Waals surface area contributed by atoms with Gasteiger partial charge < -0.3 is 19.3 Å². The van der Waals surface area contributed by atoms with Gasteiger partial charge in [0.05, 0.1) is 36.5 Å². The monoisotopic (exact) mass is 606 g/mol. The van der Waals surface area contributed by atoms with E-state index in [1.165, 1.54) is 76.0 Å². The van der Waals surface area contributed by atoms with Crippen molar-refractivity contribution in [2.24, 2.45) is 0 Å². The fourth-order valence-corrected chi connectivity index (χ4v) is 4.40. The van der Waals surface area contributed by atoms with Crippen molar-refractivity contribution in [1.82, 2.24) is 0 Å². The smallest absolute Gasteiger partial charge is 0.339 e. The van der Waals surface area contributed by atoms with Crippen LogP contribution in [0.2, 0.25) is 0 Å². The summed E-state index contributed by atoms with van der Waals surface area (Å²) in [6.07, 6.45) is 19.6. The maximum atomic E-state index is 13.0. The van der Waals surface area contributed by atoms with Crippen molar-refractivity contribution >= 4 is 23.9 Å². The number of rotatable bonds is 24. The first-order valence-electron chi connectivity index (χ1n) is 16.6. The highest BCUT2D eigenvalue weighted by atomic mass is 16.5. The van der Waals surface area contributed by atoms with E-state index in [4.69, 9.17) is 24.1 Å². The minimum Gasteiger partial charge on any atom is -0.481 e. The summed E-state index contributed by atoms with van der Waals surface area (Å²) in [5.74, 6) is -2.51. The van der Waals surface area contributed by atoms with Crippen LogP contribution in [0.1, 0.15) is 174 Å². The fourth-order valence-electron chi connectivity index (χ4n) is 4.40. The van der Waals surface area contributed by atoms with Gasteiger partial charge in [-0.3, -0.25) is 4.79 Å². The van der Waals surface area contributed by atoms with Gasteiger partial charge in [-0.2, -0.15) is 0 Å². The molecule has 1 aromatic carbocycles. The summed E-state index contributed by atoms with van der Waals surface area (Å²) < 4.78 is 16.4. The lowest BCUT2D eigenvalue weighted by Crippen LogP contribution is -2.17. The number of unbranched alkanes of at least 4 members (excludes halogenated alkanes) is 15. The summed E-state index contributed by atoms with van der Waals surface area (Å²) in [5.41, 5.74) is 0.421. The van der Waals surface area contributed by atoms with Gasteiger partial charge in [-0.1, -0.05) is 117 Å². The van der Waals surface area contributed by atoms with Crippen LogP contribution in [0, 0.1) is 0 Å². The Kier molecular flexibility index (Phi) is 26.0. The average Bonchev–Trinajstić information content (AvgIpc) is 2.98. The first-order valence-corrected chi connectivity index (χ1v) is 16.6. The Balaban J connectivity index is 0.00000413. The molecular formula is C35H58O8. The molecule has 0 aliphatic rings. The minimum absolute atomic E-state index is 0.0583. The van der Waals surface area contributed by atoms with Gasteiger partial charge in [0.25, 0.3) is 5.97 Å². The van der Waals surface area contributed by atoms with Crippen LogP contribution in [0.3, 0.4) is 0 Å².